The zero-order chi connectivity index (χ0) is 11.9. The fourth-order valence-electron chi connectivity index (χ4n) is 1.63. The van der Waals surface area contributed by atoms with Gasteiger partial charge in [-0.05, 0) is 13.0 Å². The first-order valence-corrected chi connectivity index (χ1v) is 5.01. The van der Waals surface area contributed by atoms with Gasteiger partial charge < -0.3 is 10.0 Å². The third-order valence-electron chi connectivity index (χ3n) is 2.85. The normalized spacial score (nSPS) is 16.0. The highest BCUT2D eigenvalue weighted by molar-refractivity contribution is 5.94. The summed E-state index contributed by atoms with van der Waals surface area (Å²) in [4.78, 5) is 23.9. The van der Waals surface area contributed by atoms with Crippen molar-refractivity contribution in [1.82, 2.24) is 14.7 Å². The Morgan fingerprint density at radius 1 is 1.50 bits per heavy atom. The molecule has 6 heteroatoms. The van der Waals surface area contributed by atoms with Gasteiger partial charge in [-0.3, -0.25) is 14.3 Å². The fraction of sp³-hybridized carbons (Fsp3) is 0.500. The number of nitrogens with zero attached hydrogens (tertiary/aromatic N) is 3. The van der Waals surface area contributed by atoms with Crippen molar-refractivity contribution in [2.45, 2.75) is 6.92 Å². The molecule has 1 amide bonds. The number of rotatable bonds is 2. The SMILES string of the molecule is Cc1cc(C(=O)N2CC(C(=O)O)C2)nn1C. The van der Waals surface area contributed by atoms with E-state index >= 15 is 0 Å². The average molecular weight is 223 g/mol. The maximum Gasteiger partial charge on any atom is 0.310 e. The molecule has 86 valence electrons. The summed E-state index contributed by atoms with van der Waals surface area (Å²) in [5.41, 5.74) is 1.28. The lowest BCUT2D eigenvalue weighted by Crippen LogP contribution is -2.53. The summed E-state index contributed by atoms with van der Waals surface area (Å²) in [6, 6.07) is 1.70. The first-order chi connectivity index (χ1) is 7.49. The summed E-state index contributed by atoms with van der Waals surface area (Å²) in [6.07, 6.45) is 0. The molecule has 0 atom stereocenters. The van der Waals surface area contributed by atoms with Crippen LogP contribution in [0.25, 0.3) is 0 Å². The van der Waals surface area contributed by atoms with Gasteiger partial charge >= 0.3 is 5.97 Å². The number of likely N-dealkylation sites (tertiary alicyclic amines) is 1. The second kappa shape index (κ2) is 3.62. The van der Waals surface area contributed by atoms with Gasteiger partial charge in [0.1, 0.15) is 0 Å². The Bertz CT molecular complexity index is 427. The van der Waals surface area contributed by atoms with Crippen LogP contribution in [0.5, 0.6) is 0 Å². The largest absolute Gasteiger partial charge is 0.481 e. The van der Waals surface area contributed by atoms with Crippen molar-refractivity contribution in [2.75, 3.05) is 13.1 Å². The van der Waals surface area contributed by atoms with E-state index in [1.54, 1.807) is 17.8 Å². The van der Waals surface area contributed by atoms with Crippen LogP contribution in [0.1, 0.15) is 16.2 Å². The fourth-order valence-corrected chi connectivity index (χ4v) is 1.63. The number of carbonyl (C=O) groups excluding carboxylic acids is 1. The van der Waals surface area contributed by atoms with Crippen LogP contribution in [0.4, 0.5) is 0 Å². The van der Waals surface area contributed by atoms with Crippen molar-refractivity contribution < 1.29 is 14.7 Å². The molecule has 0 aromatic carbocycles. The highest BCUT2D eigenvalue weighted by Crippen LogP contribution is 2.18. The van der Waals surface area contributed by atoms with Gasteiger partial charge in [-0.1, -0.05) is 0 Å². The minimum atomic E-state index is -0.846. The quantitative estimate of drug-likeness (QED) is 0.758. The predicted molar refractivity (Wildman–Crippen MR) is 55.0 cm³/mol. The number of aliphatic carboxylic acids is 1. The van der Waals surface area contributed by atoms with Crippen LogP contribution in [0.15, 0.2) is 6.07 Å². The van der Waals surface area contributed by atoms with E-state index in [4.69, 9.17) is 5.11 Å². The molecule has 1 aliphatic rings. The van der Waals surface area contributed by atoms with E-state index in [2.05, 4.69) is 5.10 Å². The summed E-state index contributed by atoms with van der Waals surface area (Å²) in [6.45, 7) is 2.42. The smallest absolute Gasteiger partial charge is 0.310 e. The van der Waals surface area contributed by atoms with Gasteiger partial charge in [0.2, 0.25) is 0 Å². The van der Waals surface area contributed by atoms with Gasteiger partial charge in [0.25, 0.3) is 5.91 Å². The minimum Gasteiger partial charge on any atom is -0.481 e. The van der Waals surface area contributed by atoms with Crippen LogP contribution in [-0.4, -0.2) is 44.8 Å². The van der Waals surface area contributed by atoms with Crippen LogP contribution in [0, 0.1) is 12.8 Å². The first kappa shape index (κ1) is 10.7. The summed E-state index contributed by atoms with van der Waals surface area (Å²) in [5, 5.41) is 12.8. The Hall–Kier alpha value is -1.85. The van der Waals surface area contributed by atoms with Gasteiger partial charge in [0.15, 0.2) is 5.69 Å². The molecule has 1 fully saturated rings. The molecule has 0 radical (unpaired) electrons. The Kier molecular flexibility index (Phi) is 2.41. The van der Waals surface area contributed by atoms with Crippen LogP contribution < -0.4 is 0 Å². The molecule has 2 rings (SSSR count). The van der Waals surface area contributed by atoms with Crippen LogP contribution in [-0.2, 0) is 11.8 Å². The van der Waals surface area contributed by atoms with Crippen molar-refractivity contribution in [2.24, 2.45) is 13.0 Å². The number of aromatic nitrogens is 2. The van der Waals surface area contributed by atoms with Gasteiger partial charge in [-0.25, -0.2) is 0 Å². The van der Waals surface area contributed by atoms with Crippen molar-refractivity contribution in [1.29, 1.82) is 0 Å². The molecular formula is C10H13N3O3. The maximum atomic E-state index is 11.8. The molecule has 1 aromatic rings. The standard InChI is InChI=1S/C10H13N3O3/c1-6-3-8(11-12(6)2)9(14)13-4-7(5-13)10(15)16/h3,7H,4-5H2,1-2H3,(H,15,16). The zero-order valence-electron chi connectivity index (χ0n) is 9.17. The molecular weight excluding hydrogens is 210 g/mol. The molecule has 0 aliphatic carbocycles. The molecule has 0 spiro atoms. The lowest BCUT2D eigenvalue weighted by Gasteiger charge is -2.36. The van der Waals surface area contributed by atoms with E-state index in [1.807, 2.05) is 6.92 Å². The van der Waals surface area contributed by atoms with Crippen LogP contribution in [0.3, 0.4) is 0 Å². The molecule has 1 aliphatic heterocycles. The van der Waals surface area contributed by atoms with Gasteiger partial charge in [-0.15, -0.1) is 0 Å². The Morgan fingerprint density at radius 3 is 2.56 bits per heavy atom. The van der Waals surface area contributed by atoms with Crippen molar-refractivity contribution in [3.05, 3.63) is 17.5 Å². The third kappa shape index (κ3) is 1.66. The molecule has 0 bridgehead atoms. The topological polar surface area (TPSA) is 75.4 Å². The Morgan fingerprint density at radius 2 is 2.12 bits per heavy atom. The lowest BCUT2D eigenvalue weighted by molar-refractivity contribution is -0.146. The predicted octanol–water partition coefficient (Wildman–Crippen LogP) is -0.115. The van der Waals surface area contributed by atoms with E-state index in [9.17, 15) is 9.59 Å². The number of hydrogen-bond donors (Lipinski definition) is 1. The maximum absolute atomic E-state index is 11.8. The Balaban J connectivity index is 2.03. The second-order valence-corrected chi connectivity index (χ2v) is 4.04. The second-order valence-electron chi connectivity index (χ2n) is 4.04. The summed E-state index contributed by atoms with van der Waals surface area (Å²) < 4.78 is 1.63. The van der Waals surface area contributed by atoms with E-state index in [1.165, 1.54) is 4.90 Å². The highest BCUT2D eigenvalue weighted by Gasteiger charge is 2.36. The molecule has 1 N–H and O–H groups in total. The van der Waals surface area contributed by atoms with E-state index in [-0.39, 0.29) is 19.0 Å². The van der Waals surface area contributed by atoms with Crippen LogP contribution in [0.2, 0.25) is 0 Å². The number of carboxylic acids is 1. The minimum absolute atomic E-state index is 0.193. The third-order valence-corrected chi connectivity index (χ3v) is 2.85. The van der Waals surface area contributed by atoms with Crippen LogP contribution >= 0.6 is 0 Å². The Labute approximate surface area is 92.5 Å². The zero-order valence-corrected chi connectivity index (χ0v) is 9.17. The molecule has 1 aromatic heterocycles. The van der Waals surface area contributed by atoms with Crippen molar-refractivity contribution >= 4 is 11.9 Å². The van der Waals surface area contributed by atoms with E-state index in [0.717, 1.165) is 5.69 Å². The number of hydrogen-bond acceptors (Lipinski definition) is 3. The molecule has 1 saturated heterocycles. The van der Waals surface area contributed by atoms with Crippen molar-refractivity contribution in [3.63, 3.8) is 0 Å². The number of carboxylic acid groups (broad SMARTS) is 1. The molecule has 0 unspecified atom stereocenters. The average Bonchev–Trinajstić information content (AvgIpc) is 2.43. The number of amides is 1. The van der Waals surface area contributed by atoms with Gasteiger partial charge in [0.05, 0.1) is 5.92 Å². The summed E-state index contributed by atoms with van der Waals surface area (Å²) >= 11 is 0. The monoisotopic (exact) mass is 223 g/mol. The first-order valence-electron chi connectivity index (χ1n) is 5.01. The van der Waals surface area contributed by atoms with Gasteiger partial charge in [-0.2, -0.15) is 5.10 Å². The van der Waals surface area contributed by atoms with E-state index < -0.39 is 11.9 Å². The number of carbonyl (C=O) groups is 2. The molecule has 0 saturated carbocycles. The highest BCUT2D eigenvalue weighted by atomic mass is 16.4. The summed E-state index contributed by atoms with van der Waals surface area (Å²) in [7, 11) is 1.77. The molecule has 16 heavy (non-hydrogen) atoms. The molecule has 2 heterocycles. The van der Waals surface area contributed by atoms with Crippen molar-refractivity contribution in [3.8, 4) is 0 Å². The molecule has 6 nitrogen and oxygen atoms in total. The number of aryl methyl sites for hydroxylation is 2. The summed E-state index contributed by atoms with van der Waals surface area (Å²) in [5.74, 6) is -1.46. The lowest BCUT2D eigenvalue weighted by atomic mass is 10.0. The van der Waals surface area contributed by atoms with E-state index in [0.29, 0.717) is 5.69 Å². The van der Waals surface area contributed by atoms with Gasteiger partial charge in [0, 0.05) is 25.8 Å².